The summed E-state index contributed by atoms with van der Waals surface area (Å²) in [4.78, 5) is 0. The van der Waals surface area contributed by atoms with E-state index in [4.69, 9.17) is 0 Å². The van der Waals surface area contributed by atoms with Crippen molar-refractivity contribution in [3.63, 3.8) is 0 Å². The molecule has 0 aromatic rings. The molecule has 0 rings (SSSR count). The lowest BCUT2D eigenvalue weighted by atomic mass is 9.97. The second-order valence-corrected chi connectivity index (χ2v) is 2.97. The van der Waals surface area contributed by atoms with E-state index < -0.39 is 0 Å². The third-order valence-electron chi connectivity index (χ3n) is 2.10. The second kappa shape index (κ2) is 10.3. The molecule has 0 fully saturated rings. The van der Waals surface area contributed by atoms with Crippen molar-refractivity contribution >= 4 is 0 Å². The van der Waals surface area contributed by atoms with Crippen LogP contribution in [-0.2, 0) is 0 Å². The fraction of sp³-hybridized carbons (Fsp3) is 0.571. The Hall–Kier alpha value is -0.780. The summed E-state index contributed by atoms with van der Waals surface area (Å²) in [5.41, 5.74) is 4.04. The minimum Gasteiger partial charge on any atom is -0.0956 e. The smallest absolute Gasteiger partial charge is 0.0302 e. The van der Waals surface area contributed by atoms with E-state index in [1.807, 2.05) is 20.8 Å². The van der Waals surface area contributed by atoms with Crippen molar-refractivity contribution in [3.05, 3.63) is 35.5 Å². The van der Waals surface area contributed by atoms with Crippen LogP contribution in [-0.4, -0.2) is 0 Å². The van der Waals surface area contributed by atoms with E-state index in [2.05, 4.69) is 39.5 Å². The predicted octanol–water partition coefficient (Wildman–Crippen LogP) is 5.28. The average Bonchev–Trinajstić information content (AvgIpc) is 2.22. The molecule has 0 nitrogen and oxygen atoms in total. The van der Waals surface area contributed by atoms with Crippen molar-refractivity contribution in [1.29, 1.82) is 0 Å². The average molecular weight is 194 g/mol. The lowest BCUT2D eigenvalue weighted by Gasteiger charge is -2.08. The molecule has 0 unspecified atom stereocenters. The zero-order valence-corrected chi connectivity index (χ0v) is 10.8. The first kappa shape index (κ1) is 15.7. The van der Waals surface area contributed by atoms with Crippen molar-refractivity contribution in [2.24, 2.45) is 0 Å². The van der Waals surface area contributed by atoms with E-state index in [0.29, 0.717) is 0 Å². The maximum Gasteiger partial charge on any atom is -0.0302 e. The van der Waals surface area contributed by atoms with Crippen LogP contribution in [0.4, 0.5) is 0 Å². The van der Waals surface area contributed by atoms with Gasteiger partial charge in [-0.25, -0.2) is 0 Å². The van der Waals surface area contributed by atoms with Crippen LogP contribution in [0.15, 0.2) is 35.5 Å². The molecule has 0 saturated heterocycles. The molecule has 0 N–H and O–H groups in total. The fourth-order valence-electron chi connectivity index (χ4n) is 1.37. The van der Waals surface area contributed by atoms with E-state index >= 15 is 0 Å². The van der Waals surface area contributed by atoms with Crippen molar-refractivity contribution < 1.29 is 0 Å². The van der Waals surface area contributed by atoms with Crippen LogP contribution in [0.2, 0.25) is 0 Å². The standard InChI is InChI=1S/C12H20.C2H6/c1-6-9-11(5)12(8-3)10(4)7-2;1-2/h6,9H,4,7-8H2,1-3,5H3;1-2H3/b9-6-,12-11-;. The zero-order chi connectivity index (χ0) is 11.6. The third-order valence-corrected chi connectivity index (χ3v) is 2.10. The molecule has 0 aliphatic carbocycles. The molecule has 0 aliphatic heterocycles. The Labute approximate surface area is 90.4 Å². The topological polar surface area (TPSA) is 0 Å². The van der Waals surface area contributed by atoms with Gasteiger partial charge in [0.05, 0.1) is 0 Å². The van der Waals surface area contributed by atoms with Gasteiger partial charge in [0.25, 0.3) is 0 Å². The van der Waals surface area contributed by atoms with Crippen LogP contribution in [0.25, 0.3) is 0 Å². The lowest BCUT2D eigenvalue weighted by Crippen LogP contribution is -1.88. The molecule has 0 radical (unpaired) electrons. The molecular weight excluding hydrogens is 168 g/mol. The Morgan fingerprint density at radius 2 is 1.64 bits per heavy atom. The van der Waals surface area contributed by atoms with Crippen LogP contribution < -0.4 is 0 Å². The predicted molar refractivity (Wildman–Crippen MR) is 68.6 cm³/mol. The Kier molecular flexibility index (Phi) is 11.5. The maximum atomic E-state index is 4.06. The highest BCUT2D eigenvalue weighted by atomic mass is 14.1. The summed E-state index contributed by atoms with van der Waals surface area (Å²) >= 11 is 0. The minimum atomic E-state index is 1.05. The van der Waals surface area contributed by atoms with E-state index in [1.165, 1.54) is 16.7 Å². The molecule has 0 aromatic carbocycles. The first-order chi connectivity index (χ1) is 6.67. The SMILES string of the molecule is C=C(CC)/C(CC)=C(C)\C=C/C.CC. The summed E-state index contributed by atoms with van der Waals surface area (Å²) < 4.78 is 0. The highest BCUT2D eigenvalue weighted by Crippen LogP contribution is 2.20. The van der Waals surface area contributed by atoms with Crippen LogP contribution in [0.5, 0.6) is 0 Å². The maximum absolute atomic E-state index is 4.06. The van der Waals surface area contributed by atoms with Crippen LogP contribution in [0.1, 0.15) is 54.4 Å². The molecule has 0 bridgehead atoms. The van der Waals surface area contributed by atoms with Gasteiger partial charge in [-0.05, 0) is 37.8 Å². The van der Waals surface area contributed by atoms with Gasteiger partial charge in [0.2, 0.25) is 0 Å². The van der Waals surface area contributed by atoms with Gasteiger partial charge in [0.15, 0.2) is 0 Å². The summed E-state index contributed by atoms with van der Waals surface area (Å²) in [6.07, 6.45) is 6.37. The molecule has 0 atom stereocenters. The van der Waals surface area contributed by atoms with Crippen LogP contribution >= 0.6 is 0 Å². The number of allylic oxidation sites excluding steroid dienone is 5. The van der Waals surface area contributed by atoms with Gasteiger partial charge in [-0.3, -0.25) is 0 Å². The van der Waals surface area contributed by atoms with Gasteiger partial charge in [-0.2, -0.15) is 0 Å². The van der Waals surface area contributed by atoms with E-state index in [-0.39, 0.29) is 0 Å². The van der Waals surface area contributed by atoms with Gasteiger partial charge in [0, 0.05) is 0 Å². The van der Waals surface area contributed by atoms with Gasteiger partial charge >= 0.3 is 0 Å². The first-order valence-corrected chi connectivity index (χ1v) is 5.67. The molecular formula is C14H26. The quantitative estimate of drug-likeness (QED) is 0.534. The fourth-order valence-corrected chi connectivity index (χ4v) is 1.37. The van der Waals surface area contributed by atoms with Gasteiger partial charge < -0.3 is 0 Å². The second-order valence-electron chi connectivity index (χ2n) is 2.97. The molecule has 0 aliphatic rings. The summed E-state index contributed by atoms with van der Waals surface area (Å²) in [7, 11) is 0. The Morgan fingerprint density at radius 1 is 1.14 bits per heavy atom. The molecule has 0 heterocycles. The highest BCUT2D eigenvalue weighted by Gasteiger charge is 2.00. The van der Waals surface area contributed by atoms with Gasteiger partial charge in [0.1, 0.15) is 0 Å². The molecule has 82 valence electrons. The van der Waals surface area contributed by atoms with Gasteiger partial charge in [-0.1, -0.05) is 52.0 Å². The largest absolute Gasteiger partial charge is 0.0956 e. The number of rotatable bonds is 4. The molecule has 0 spiro atoms. The molecule has 0 saturated carbocycles. The number of hydrogen-bond donors (Lipinski definition) is 0. The van der Waals surface area contributed by atoms with E-state index in [0.717, 1.165) is 12.8 Å². The Balaban J connectivity index is 0. The monoisotopic (exact) mass is 194 g/mol. The van der Waals surface area contributed by atoms with Crippen molar-refractivity contribution in [2.75, 3.05) is 0 Å². The minimum absolute atomic E-state index is 1.05. The van der Waals surface area contributed by atoms with Crippen molar-refractivity contribution in [2.45, 2.75) is 54.4 Å². The number of hydrogen-bond acceptors (Lipinski definition) is 0. The zero-order valence-electron chi connectivity index (χ0n) is 10.8. The molecule has 0 amide bonds. The lowest BCUT2D eigenvalue weighted by molar-refractivity contribution is 1.01. The van der Waals surface area contributed by atoms with Crippen molar-refractivity contribution in [3.8, 4) is 0 Å². The highest BCUT2D eigenvalue weighted by molar-refractivity contribution is 5.36. The molecule has 0 aromatic heterocycles. The molecule has 0 heteroatoms. The van der Waals surface area contributed by atoms with Gasteiger partial charge in [-0.15, -0.1) is 0 Å². The Morgan fingerprint density at radius 3 is 1.93 bits per heavy atom. The molecule has 14 heavy (non-hydrogen) atoms. The normalized spacial score (nSPS) is 11.9. The van der Waals surface area contributed by atoms with Crippen molar-refractivity contribution in [1.82, 2.24) is 0 Å². The summed E-state index contributed by atoms with van der Waals surface area (Å²) in [6, 6.07) is 0. The van der Waals surface area contributed by atoms with Crippen LogP contribution in [0.3, 0.4) is 0 Å². The summed E-state index contributed by atoms with van der Waals surface area (Å²) in [6.45, 7) is 16.6. The van der Waals surface area contributed by atoms with E-state index in [9.17, 15) is 0 Å². The van der Waals surface area contributed by atoms with Crippen LogP contribution in [0, 0.1) is 0 Å². The summed E-state index contributed by atoms with van der Waals surface area (Å²) in [5, 5.41) is 0. The first-order valence-electron chi connectivity index (χ1n) is 5.67. The third kappa shape index (κ3) is 5.80. The summed E-state index contributed by atoms with van der Waals surface area (Å²) in [5.74, 6) is 0. The Bertz CT molecular complexity index is 204. The van der Waals surface area contributed by atoms with E-state index in [1.54, 1.807) is 0 Å².